The van der Waals surface area contributed by atoms with E-state index in [-0.39, 0.29) is 5.97 Å². The number of methoxy groups -OCH3 is 1. The molecule has 0 unspecified atom stereocenters. The lowest BCUT2D eigenvalue weighted by Gasteiger charge is -2.07. The van der Waals surface area contributed by atoms with Crippen LogP contribution in [0.4, 0.5) is 0 Å². The van der Waals surface area contributed by atoms with Crippen LogP contribution in [0.1, 0.15) is 38.0 Å². The van der Waals surface area contributed by atoms with E-state index in [2.05, 4.69) is 41.2 Å². The second kappa shape index (κ2) is 9.63. The Labute approximate surface area is 234 Å². The van der Waals surface area contributed by atoms with Crippen LogP contribution in [0.15, 0.2) is 72.8 Å². The molecule has 8 bridgehead atoms. The number of nitrogens with one attached hydrogen (secondary N) is 2. The Morgan fingerprint density at radius 3 is 2.10 bits per heavy atom. The number of hydrogen-bond acceptors (Lipinski definition) is 5. The number of fused-ring (bicyclic) bond motifs is 8. The molecule has 6 nitrogen and oxygen atoms in total. The number of aromatic amines is 2. The van der Waals surface area contributed by atoms with Gasteiger partial charge in [-0.25, -0.2) is 14.8 Å². The lowest BCUT2D eigenvalue weighted by molar-refractivity contribution is 0.0600. The first kappa shape index (κ1) is 24.1. The maximum atomic E-state index is 12.1. The number of hydrogen-bond donors (Lipinski definition) is 2. The first-order chi connectivity index (χ1) is 19.5. The number of nitrogens with zero attached hydrogens (tertiary/aromatic N) is 2. The summed E-state index contributed by atoms with van der Waals surface area (Å²) in [4.78, 5) is 31.5. The van der Waals surface area contributed by atoms with E-state index in [4.69, 9.17) is 14.7 Å². The molecule has 0 fully saturated rings. The largest absolute Gasteiger partial charge is 0.465 e. The summed E-state index contributed by atoms with van der Waals surface area (Å²) in [6, 6.07) is 24.2. The van der Waals surface area contributed by atoms with Gasteiger partial charge in [0.25, 0.3) is 0 Å². The minimum atomic E-state index is -0.367. The number of carbonyl (C=O) groups excluding carboxylic acids is 1. The first-order valence-electron chi connectivity index (χ1n) is 12.9. The Hall–Kier alpha value is -5.01. The monoisotopic (exact) mass is 540 g/mol. The molecule has 0 aliphatic carbocycles. The zero-order valence-electron chi connectivity index (χ0n) is 21.9. The van der Waals surface area contributed by atoms with Crippen molar-refractivity contribution in [2.75, 3.05) is 7.11 Å². The Morgan fingerprint density at radius 1 is 0.750 bits per heavy atom. The third-order valence-corrected chi connectivity index (χ3v) is 7.96. The summed E-state index contributed by atoms with van der Waals surface area (Å²) in [5.74, 6) is -0.367. The summed E-state index contributed by atoms with van der Waals surface area (Å²) in [6.45, 7) is 2.11. The molecule has 2 N–H and O–H groups in total. The predicted octanol–water partition coefficient (Wildman–Crippen LogP) is 8.15. The topological polar surface area (TPSA) is 83.7 Å². The van der Waals surface area contributed by atoms with E-state index in [9.17, 15) is 4.79 Å². The standard InChI is InChI=1S/C33H24N4O2S/c1-19-3-14-30(40-19)28-18-27-17-25-11-10-23(35-25)15-22-8-9-24(34-22)16-26-12-13-29(36-26)31(32(28)37-27)20-4-6-21(7-5-20)33(38)39-2/h3-18,34,37H,1-2H3. The molecule has 0 atom stereocenters. The summed E-state index contributed by atoms with van der Waals surface area (Å²) < 4.78 is 4.92. The fraction of sp³-hybridized carbons (Fsp3) is 0.0606. The van der Waals surface area contributed by atoms with Gasteiger partial charge in [0.2, 0.25) is 0 Å². The molecule has 4 aromatic heterocycles. The molecule has 0 spiro atoms. The summed E-state index contributed by atoms with van der Waals surface area (Å²) in [7, 11) is 1.39. The van der Waals surface area contributed by atoms with Gasteiger partial charge in [-0.2, -0.15) is 0 Å². The van der Waals surface area contributed by atoms with Crippen LogP contribution in [0.3, 0.4) is 0 Å². The highest BCUT2D eigenvalue weighted by molar-refractivity contribution is 7.15. The van der Waals surface area contributed by atoms with Crippen LogP contribution >= 0.6 is 11.3 Å². The van der Waals surface area contributed by atoms with Crippen molar-refractivity contribution in [3.8, 4) is 21.6 Å². The highest BCUT2D eigenvalue weighted by Gasteiger charge is 2.17. The number of aromatic nitrogens is 4. The van der Waals surface area contributed by atoms with Gasteiger partial charge in [0, 0.05) is 37.4 Å². The zero-order chi connectivity index (χ0) is 27.2. The molecule has 194 valence electrons. The molecule has 6 heterocycles. The molecule has 0 amide bonds. The van der Waals surface area contributed by atoms with Crippen LogP contribution in [-0.2, 0) is 4.74 Å². The summed E-state index contributed by atoms with van der Waals surface area (Å²) in [6.07, 6.45) is 8.11. The lowest BCUT2D eigenvalue weighted by Crippen LogP contribution is -2.00. The molecule has 0 saturated carbocycles. The fourth-order valence-electron chi connectivity index (χ4n) is 5.06. The van der Waals surface area contributed by atoms with Crippen LogP contribution in [0.5, 0.6) is 0 Å². The molecule has 2 aliphatic heterocycles. The first-order valence-corrected chi connectivity index (χ1v) is 13.7. The van der Waals surface area contributed by atoms with Gasteiger partial charge in [0.15, 0.2) is 0 Å². The van der Waals surface area contributed by atoms with Crippen LogP contribution in [0.25, 0.3) is 67.9 Å². The van der Waals surface area contributed by atoms with Crippen molar-refractivity contribution in [1.29, 1.82) is 0 Å². The van der Waals surface area contributed by atoms with E-state index < -0.39 is 0 Å². The van der Waals surface area contributed by atoms with E-state index in [1.165, 1.54) is 12.0 Å². The number of ether oxygens (including phenoxy) is 1. The number of carbonyl (C=O) groups is 1. The molecule has 1 aromatic carbocycles. The van der Waals surface area contributed by atoms with E-state index >= 15 is 0 Å². The van der Waals surface area contributed by atoms with Crippen molar-refractivity contribution in [2.45, 2.75) is 6.92 Å². The van der Waals surface area contributed by atoms with Crippen LogP contribution in [0.2, 0.25) is 0 Å². The summed E-state index contributed by atoms with van der Waals surface area (Å²) in [5, 5.41) is 0. The lowest BCUT2D eigenvalue weighted by atomic mass is 10.00. The number of aryl methyl sites for hydroxylation is 1. The second-order valence-electron chi connectivity index (χ2n) is 9.72. The van der Waals surface area contributed by atoms with E-state index in [1.54, 1.807) is 23.5 Å². The van der Waals surface area contributed by atoms with Gasteiger partial charge in [0.1, 0.15) is 0 Å². The van der Waals surface area contributed by atoms with Crippen molar-refractivity contribution in [1.82, 2.24) is 19.9 Å². The van der Waals surface area contributed by atoms with Gasteiger partial charge >= 0.3 is 5.97 Å². The van der Waals surface area contributed by atoms with Gasteiger partial charge < -0.3 is 14.7 Å². The van der Waals surface area contributed by atoms with Crippen LogP contribution in [0, 0.1) is 6.92 Å². The van der Waals surface area contributed by atoms with Crippen LogP contribution in [-0.4, -0.2) is 33.0 Å². The Morgan fingerprint density at radius 2 is 1.43 bits per heavy atom. The Bertz CT molecular complexity index is 2020. The molecule has 7 heteroatoms. The zero-order valence-corrected chi connectivity index (χ0v) is 22.7. The molecular weight excluding hydrogens is 516 g/mol. The Balaban J connectivity index is 1.60. The number of rotatable bonds is 3. The fourth-order valence-corrected chi connectivity index (χ4v) is 5.95. The molecule has 7 rings (SSSR count). The third-order valence-electron chi connectivity index (χ3n) is 6.93. The summed E-state index contributed by atoms with van der Waals surface area (Å²) in [5.41, 5.74) is 10.7. The minimum absolute atomic E-state index is 0.367. The van der Waals surface area contributed by atoms with E-state index in [1.807, 2.05) is 60.7 Å². The molecule has 0 radical (unpaired) electrons. The highest BCUT2D eigenvalue weighted by atomic mass is 32.1. The second-order valence-corrected chi connectivity index (χ2v) is 11.0. The molecule has 40 heavy (non-hydrogen) atoms. The minimum Gasteiger partial charge on any atom is -0.465 e. The molecule has 0 saturated heterocycles. The normalized spacial score (nSPS) is 12.2. The maximum absolute atomic E-state index is 12.1. The smallest absolute Gasteiger partial charge is 0.337 e. The molecular formula is C33H24N4O2S. The van der Waals surface area contributed by atoms with Gasteiger partial charge in [-0.15, -0.1) is 11.3 Å². The quantitative estimate of drug-likeness (QED) is 0.222. The number of H-pyrrole nitrogens is 2. The third kappa shape index (κ3) is 4.46. The number of benzene rings is 1. The van der Waals surface area contributed by atoms with Crippen molar-refractivity contribution in [3.63, 3.8) is 0 Å². The van der Waals surface area contributed by atoms with Gasteiger partial charge in [-0.05, 0) is 97.5 Å². The number of esters is 1. The van der Waals surface area contributed by atoms with E-state index in [0.29, 0.717) is 5.56 Å². The van der Waals surface area contributed by atoms with Crippen molar-refractivity contribution in [2.24, 2.45) is 0 Å². The maximum Gasteiger partial charge on any atom is 0.337 e. The molecule has 5 aromatic rings. The Kier molecular flexibility index (Phi) is 5.79. The van der Waals surface area contributed by atoms with Gasteiger partial charge in [0.05, 0.1) is 41.0 Å². The summed E-state index contributed by atoms with van der Waals surface area (Å²) >= 11 is 1.75. The van der Waals surface area contributed by atoms with Crippen molar-refractivity contribution >= 4 is 63.7 Å². The highest BCUT2D eigenvalue weighted by Crippen LogP contribution is 2.39. The number of thiophene rings is 1. The van der Waals surface area contributed by atoms with Crippen LogP contribution < -0.4 is 0 Å². The average Bonchev–Trinajstić information content (AvgIpc) is 3.79. The van der Waals surface area contributed by atoms with E-state index in [0.717, 1.165) is 66.4 Å². The van der Waals surface area contributed by atoms with Gasteiger partial charge in [-0.3, -0.25) is 0 Å². The predicted molar refractivity (Wildman–Crippen MR) is 164 cm³/mol. The molecule has 2 aliphatic rings. The van der Waals surface area contributed by atoms with Crippen molar-refractivity contribution in [3.05, 3.63) is 106 Å². The van der Waals surface area contributed by atoms with Gasteiger partial charge in [-0.1, -0.05) is 12.1 Å². The SMILES string of the molecule is COC(=O)c1ccc(-c2c3nc(cc4ccc(cc5nc(cc6cc(-c7ccc(C)s7)c2[nH]6)C=C5)[nH]4)C=C3)cc1. The van der Waals surface area contributed by atoms with Crippen molar-refractivity contribution < 1.29 is 9.53 Å². The average molecular weight is 541 g/mol.